The van der Waals surface area contributed by atoms with Gasteiger partial charge in [0.25, 0.3) is 5.91 Å². The number of aromatic nitrogens is 2. The van der Waals surface area contributed by atoms with Gasteiger partial charge in [-0.25, -0.2) is 4.98 Å². The Morgan fingerprint density at radius 1 is 1.19 bits per heavy atom. The topological polar surface area (TPSA) is 85.1 Å². The summed E-state index contributed by atoms with van der Waals surface area (Å²) in [7, 11) is 0. The van der Waals surface area contributed by atoms with Crippen molar-refractivity contribution in [3.8, 4) is 0 Å². The Kier molecular flexibility index (Phi) is 5.48. The van der Waals surface area contributed by atoms with Crippen molar-refractivity contribution >= 4 is 29.1 Å². The Hall–Kier alpha value is -2.93. The van der Waals surface area contributed by atoms with E-state index in [1.54, 1.807) is 42.6 Å². The van der Waals surface area contributed by atoms with Crippen LogP contribution < -0.4 is 5.32 Å². The van der Waals surface area contributed by atoms with Crippen LogP contribution in [0.2, 0.25) is 0 Å². The fourth-order valence-corrected chi connectivity index (χ4v) is 3.19. The van der Waals surface area contributed by atoms with Crippen molar-refractivity contribution in [2.24, 2.45) is 0 Å². The monoisotopic (exact) mass is 367 g/mol. The van der Waals surface area contributed by atoms with Gasteiger partial charge in [-0.2, -0.15) is 0 Å². The fraction of sp³-hybridized carbons (Fsp3) is 0.158. The van der Waals surface area contributed by atoms with Crippen molar-refractivity contribution in [2.75, 3.05) is 5.32 Å². The maximum Gasteiger partial charge on any atom is 0.258 e. The van der Waals surface area contributed by atoms with E-state index in [-0.39, 0.29) is 11.7 Å². The second-order valence-corrected chi connectivity index (χ2v) is 6.63. The summed E-state index contributed by atoms with van der Waals surface area (Å²) in [6.45, 7) is 3.32. The van der Waals surface area contributed by atoms with Crippen molar-refractivity contribution in [1.29, 1.82) is 0 Å². The Morgan fingerprint density at radius 3 is 2.77 bits per heavy atom. The second-order valence-electron chi connectivity index (χ2n) is 5.66. The molecule has 2 heterocycles. The molecule has 0 saturated heterocycles. The predicted octanol–water partition coefficient (Wildman–Crippen LogP) is 4.13. The van der Waals surface area contributed by atoms with Crippen LogP contribution in [0.15, 0.2) is 58.2 Å². The van der Waals surface area contributed by atoms with Gasteiger partial charge in [-0.05, 0) is 38.1 Å². The van der Waals surface area contributed by atoms with E-state index in [0.29, 0.717) is 27.6 Å². The van der Waals surface area contributed by atoms with E-state index in [0.717, 1.165) is 11.5 Å². The van der Waals surface area contributed by atoms with Crippen LogP contribution in [0.4, 0.5) is 5.69 Å². The minimum Gasteiger partial charge on any atom is -0.361 e. The van der Waals surface area contributed by atoms with Gasteiger partial charge in [0.15, 0.2) is 5.78 Å². The summed E-state index contributed by atoms with van der Waals surface area (Å²) < 4.78 is 5.05. The largest absolute Gasteiger partial charge is 0.361 e. The zero-order chi connectivity index (χ0) is 18.5. The summed E-state index contributed by atoms with van der Waals surface area (Å²) in [6, 6.07) is 12.1. The van der Waals surface area contributed by atoms with Gasteiger partial charge in [-0.15, -0.1) is 0 Å². The number of Topliss-reactive ketones (excluding diaryl/α,β-unsaturated/α-hetero) is 1. The number of hydrogen-bond donors (Lipinski definition) is 1. The minimum absolute atomic E-state index is 0.0540. The number of nitrogens with zero attached hydrogens (tertiary/aromatic N) is 2. The van der Waals surface area contributed by atoms with Crippen LogP contribution in [-0.4, -0.2) is 21.8 Å². The molecule has 0 fully saturated rings. The Balaban J connectivity index is 1.75. The average Bonchev–Trinajstić information content (AvgIpc) is 3.05. The standard InChI is InChI=1S/C19H17N3O3S/c1-12-9-16(22-25-12)11-26-19-17(7-4-8-20-19)18(24)21-15-6-3-5-14(10-15)13(2)23/h3-10H,11H2,1-2H3,(H,21,24). The number of amides is 1. The molecule has 132 valence electrons. The lowest BCUT2D eigenvalue weighted by Crippen LogP contribution is -2.14. The van der Waals surface area contributed by atoms with Crippen LogP contribution in [0.25, 0.3) is 0 Å². The molecule has 1 amide bonds. The number of hydrogen-bond acceptors (Lipinski definition) is 6. The van der Waals surface area contributed by atoms with Gasteiger partial charge in [0.2, 0.25) is 0 Å². The fourth-order valence-electron chi connectivity index (χ4n) is 2.32. The van der Waals surface area contributed by atoms with Crippen molar-refractivity contribution in [3.63, 3.8) is 0 Å². The molecular weight excluding hydrogens is 350 g/mol. The first-order valence-corrected chi connectivity index (χ1v) is 8.94. The molecule has 1 aromatic carbocycles. The Morgan fingerprint density at radius 2 is 2.04 bits per heavy atom. The van der Waals surface area contributed by atoms with Gasteiger partial charge in [0, 0.05) is 29.3 Å². The first-order chi connectivity index (χ1) is 12.5. The summed E-state index contributed by atoms with van der Waals surface area (Å²) in [4.78, 5) is 28.4. The van der Waals surface area contributed by atoms with Crippen LogP contribution >= 0.6 is 11.8 Å². The number of anilines is 1. The Labute approximate surface area is 155 Å². The predicted molar refractivity (Wildman–Crippen MR) is 99.4 cm³/mol. The van der Waals surface area contributed by atoms with Gasteiger partial charge in [-0.3, -0.25) is 9.59 Å². The van der Waals surface area contributed by atoms with Crippen molar-refractivity contribution in [1.82, 2.24) is 10.1 Å². The van der Waals surface area contributed by atoms with E-state index in [1.165, 1.54) is 18.7 Å². The van der Waals surface area contributed by atoms with Crippen LogP contribution in [-0.2, 0) is 5.75 Å². The molecular formula is C19H17N3O3S. The SMILES string of the molecule is CC(=O)c1cccc(NC(=O)c2cccnc2SCc2cc(C)on2)c1. The molecule has 7 heteroatoms. The van der Waals surface area contributed by atoms with Crippen molar-refractivity contribution in [2.45, 2.75) is 24.6 Å². The molecule has 6 nitrogen and oxygen atoms in total. The number of carbonyl (C=O) groups is 2. The van der Waals surface area contributed by atoms with E-state index >= 15 is 0 Å². The van der Waals surface area contributed by atoms with E-state index in [1.807, 2.05) is 13.0 Å². The lowest BCUT2D eigenvalue weighted by atomic mass is 10.1. The number of nitrogens with one attached hydrogen (secondary N) is 1. The summed E-state index contributed by atoms with van der Waals surface area (Å²) in [5.41, 5.74) is 2.37. The van der Waals surface area contributed by atoms with Gasteiger partial charge < -0.3 is 9.84 Å². The molecule has 0 aliphatic carbocycles. The molecule has 0 unspecified atom stereocenters. The zero-order valence-corrected chi connectivity index (χ0v) is 15.2. The molecule has 0 aliphatic rings. The summed E-state index contributed by atoms with van der Waals surface area (Å²) in [6.07, 6.45) is 1.64. The maximum absolute atomic E-state index is 12.6. The first-order valence-electron chi connectivity index (χ1n) is 7.95. The number of ketones is 1. The molecule has 2 aromatic heterocycles. The smallest absolute Gasteiger partial charge is 0.258 e. The number of pyridine rings is 1. The van der Waals surface area contributed by atoms with E-state index in [2.05, 4.69) is 15.5 Å². The normalized spacial score (nSPS) is 10.5. The van der Waals surface area contributed by atoms with E-state index in [9.17, 15) is 9.59 Å². The molecule has 0 bridgehead atoms. The molecule has 0 radical (unpaired) electrons. The first kappa shape index (κ1) is 17.9. The third kappa shape index (κ3) is 4.37. The summed E-state index contributed by atoms with van der Waals surface area (Å²) in [5.74, 6) is 0.957. The highest BCUT2D eigenvalue weighted by molar-refractivity contribution is 7.98. The van der Waals surface area contributed by atoms with Gasteiger partial charge in [0.1, 0.15) is 10.8 Å². The van der Waals surface area contributed by atoms with Gasteiger partial charge in [-0.1, -0.05) is 29.1 Å². The van der Waals surface area contributed by atoms with E-state index in [4.69, 9.17) is 4.52 Å². The van der Waals surface area contributed by atoms with Crippen LogP contribution in [0.5, 0.6) is 0 Å². The lowest BCUT2D eigenvalue weighted by Gasteiger charge is -2.09. The van der Waals surface area contributed by atoms with Crippen molar-refractivity contribution < 1.29 is 14.1 Å². The van der Waals surface area contributed by atoms with E-state index < -0.39 is 0 Å². The number of carbonyl (C=O) groups excluding carboxylic acids is 2. The highest BCUT2D eigenvalue weighted by atomic mass is 32.2. The summed E-state index contributed by atoms with van der Waals surface area (Å²) in [5, 5.41) is 7.37. The minimum atomic E-state index is -0.280. The van der Waals surface area contributed by atoms with Crippen molar-refractivity contribution in [3.05, 3.63) is 71.2 Å². The van der Waals surface area contributed by atoms with Crippen LogP contribution in [0, 0.1) is 6.92 Å². The molecule has 0 spiro atoms. The lowest BCUT2D eigenvalue weighted by molar-refractivity contribution is 0.101. The highest BCUT2D eigenvalue weighted by Crippen LogP contribution is 2.25. The summed E-state index contributed by atoms with van der Waals surface area (Å²) >= 11 is 1.41. The molecule has 26 heavy (non-hydrogen) atoms. The van der Waals surface area contributed by atoms with Gasteiger partial charge in [0.05, 0.1) is 11.3 Å². The molecule has 0 aliphatic heterocycles. The van der Waals surface area contributed by atoms with Crippen LogP contribution in [0.1, 0.15) is 39.1 Å². The second kappa shape index (κ2) is 7.97. The van der Waals surface area contributed by atoms with Crippen LogP contribution in [0.3, 0.4) is 0 Å². The number of benzene rings is 1. The molecule has 1 N–H and O–H groups in total. The maximum atomic E-state index is 12.6. The average molecular weight is 367 g/mol. The quantitative estimate of drug-likeness (QED) is 0.521. The molecule has 0 saturated carbocycles. The van der Waals surface area contributed by atoms with Gasteiger partial charge >= 0.3 is 0 Å². The third-order valence-electron chi connectivity index (χ3n) is 3.58. The third-order valence-corrected chi connectivity index (χ3v) is 4.62. The molecule has 3 rings (SSSR count). The number of thioether (sulfide) groups is 1. The zero-order valence-electron chi connectivity index (χ0n) is 14.4. The molecule has 0 atom stereocenters. The number of aryl methyl sites for hydroxylation is 1. The number of rotatable bonds is 6. The Bertz CT molecular complexity index is 952. The molecule has 3 aromatic rings. The highest BCUT2D eigenvalue weighted by Gasteiger charge is 2.14.